The fourth-order valence-electron chi connectivity index (χ4n) is 5.50. The second-order valence-corrected chi connectivity index (χ2v) is 10.8. The summed E-state index contributed by atoms with van der Waals surface area (Å²) in [4.78, 5) is 28.1. The highest BCUT2D eigenvalue weighted by molar-refractivity contribution is 7.86. The van der Waals surface area contributed by atoms with E-state index >= 15 is 0 Å². The van der Waals surface area contributed by atoms with Crippen molar-refractivity contribution in [3.8, 4) is 0 Å². The molecule has 0 N–H and O–H groups in total. The van der Waals surface area contributed by atoms with E-state index in [2.05, 4.69) is 4.90 Å². The lowest BCUT2D eigenvalue weighted by Gasteiger charge is -2.41. The van der Waals surface area contributed by atoms with Gasteiger partial charge in [0.15, 0.2) is 0 Å². The Balaban J connectivity index is 1.26. The van der Waals surface area contributed by atoms with E-state index in [-0.39, 0.29) is 17.9 Å². The zero-order chi connectivity index (χ0) is 21.3. The lowest BCUT2D eigenvalue weighted by Crippen LogP contribution is -2.51. The Bertz CT molecular complexity index is 738. The lowest BCUT2D eigenvalue weighted by molar-refractivity contribution is -0.139. The molecule has 2 amide bonds. The van der Waals surface area contributed by atoms with Crippen LogP contribution in [0.5, 0.6) is 0 Å². The van der Waals surface area contributed by atoms with Gasteiger partial charge in [-0.2, -0.15) is 17.0 Å². The molecule has 0 unspecified atom stereocenters. The molecule has 4 rings (SSSR count). The maximum Gasteiger partial charge on any atom is 0.282 e. The summed E-state index contributed by atoms with van der Waals surface area (Å²) < 4.78 is 34.2. The lowest BCUT2D eigenvalue weighted by atomic mass is 9.79. The number of amides is 2. The maximum atomic E-state index is 12.8. The van der Waals surface area contributed by atoms with Crippen molar-refractivity contribution in [2.75, 3.05) is 59.0 Å². The van der Waals surface area contributed by atoms with Crippen molar-refractivity contribution < 1.29 is 22.7 Å². The Morgan fingerprint density at radius 1 is 0.867 bits per heavy atom. The van der Waals surface area contributed by atoms with Crippen LogP contribution in [-0.4, -0.2) is 104 Å². The summed E-state index contributed by atoms with van der Waals surface area (Å²) >= 11 is 0. The number of likely N-dealkylation sites (tertiary alicyclic amines) is 2. The molecule has 30 heavy (non-hydrogen) atoms. The normalized spacial score (nSPS) is 29.8. The molecule has 4 heterocycles. The van der Waals surface area contributed by atoms with Gasteiger partial charge in [0.1, 0.15) is 0 Å². The van der Waals surface area contributed by atoms with Crippen LogP contribution in [0.15, 0.2) is 0 Å². The Hall–Kier alpha value is -1.07. The van der Waals surface area contributed by atoms with E-state index in [1.54, 1.807) is 8.61 Å². The van der Waals surface area contributed by atoms with Gasteiger partial charge in [0, 0.05) is 32.7 Å². The number of nitrogens with zero attached hydrogens (tertiary/aromatic N) is 4. The second-order valence-electron chi connectivity index (χ2n) is 8.83. The minimum atomic E-state index is -3.37. The third kappa shape index (κ3) is 4.29. The number of carbonyl (C=O) groups is 2. The van der Waals surface area contributed by atoms with Crippen LogP contribution in [0.1, 0.15) is 39.0 Å². The van der Waals surface area contributed by atoms with Gasteiger partial charge in [-0.15, -0.1) is 0 Å². The highest BCUT2D eigenvalue weighted by atomic mass is 32.2. The first-order chi connectivity index (χ1) is 14.4. The predicted octanol–water partition coefficient (Wildman–Crippen LogP) is 0.135. The van der Waals surface area contributed by atoms with Gasteiger partial charge in [-0.05, 0) is 57.5 Å². The number of rotatable bonds is 5. The number of ether oxygens (including phenoxy) is 1. The van der Waals surface area contributed by atoms with Gasteiger partial charge in [0.2, 0.25) is 11.8 Å². The number of hydrogen-bond donors (Lipinski definition) is 0. The molecule has 0 aromatic carbocycles. The highest BCUT2D eigenvalue weighted by Crippen LogP contribution is 2.35. The molecule has 4 aliphatic heterocycles. The molecular weight excluding hydrogens is 408 g/mol. The quantitative estimate of drug-likeness (QED) is 0.563. The van der Waals surface area contributed by atoms with Crippen LogP contribution in [0.4, 0.5) is 0 Å². The van der Waals surface area contributed by atoms with Gasteiger partial charge in [0.25, 0.3) is 10.2 Å². The monoisotopic (exact) mass is 442 g/mol. The molecule has 0 aromatic heterocycles. The number of imide groups is 1. The van der Waals surface area contributed by atoms with Crippen molar-refractivity contribution in [3.05, 3.63) is 0 Å². The first-order valence-electron chi connectivity index (χ1n) is 11.3. The van der Waals surface area contributed by atoms with Gasteiger partial charge in [0.05, 0.1) is 25.7 Å². The summed E-state index contributed by atoms with van der Waals surface area (Å²) in [6, 6.07) is -0.279. The topological polar surface area (TPSA) is 90.5 Å². The average Bonchev–Trinajstić information content (AvgIpc) is 3.07. The van der Waals surface area contributed by atoms with E-state index in [0.717, 1.165) is 38.8 Å². The molecular formula is C20H34N4O5S. The highest BCUT2D eigenvalue weighted by Gasteiger charge is 2.43. The third-order valence-electron chi connectivity index (χ3n) is 7.34. The van der Waals surface area contributed by atoms with Crippen LogP contribution in [-0.2, 0) is 24.5 Å². The Morgan fingerprint density at radius 2 is 1.40 bits per heavy atom. The van der Waals surface area contributed by atoms with Gasteiger partial charge < -0.3 is 4.74 Å². The fraction of sp³-hybridized carbons (Fsp3) is 0.900. The number of piperidine rings is 2. The van der Waals surface area contributed by atoms with Crippen molar-refractivity contribution in [1.29, 1.82) is 0 Å². The predicted molar refractivity (Wildman–Crippen MR) is 111 cm³/mol. The zero-order valence-corrected chi connectivity index (χ0v) is 18.7. The third-order valence-corrected chi connectivity index (χ3v) is 9.37. The van der Waals surface area contributed by atoms with Crippen molar-refractivity contribution in [1.82, 2.24) is 18.4 Å². The molecule has 0 aliphatic carbocycles. The molecule has 4 fully saturated rings. The van der Waals surface area contributed by atoms with E-state index in [0.29, 0.717) is 64.2 Å². The van der Waals surface area contributed by atoms with Crippen molar-refractivity contribution in [3.63, 3.8) is 0 Å². The molecule has 4 saturated heterocycles. The maximum absolute atomic E-state index is 12.8. The van der Waals surface area contributed by atoms with Gasteiger partial charge in [-0.25, -0.2) is 0 Å². The molecule has 0 saturated carbocycles. The van der Waals surface area contributed by atoms with Crippen LogP contribution in [0.2, 0.25) is 0 Å². The van der Waals surface area contributed by atoms with E-state index in [4.69, 9.17) is 4.74 Å². The van der Waals surface area contributed by atoms with E-state index in [9.17, 15) is 18.0 Å². The SMILES string of the molecule is CCN1C(=O)C[C@H](N2CCC(C3CCN(S(=O)(=O)N4CCOCC4)CC3)CC2)C1=O. The molecule has 9 nitrogen and oxygen atoms in total. The largest absolute Gasteiger partial charge is 0.379 e. The van der Waals surface area contributed by atoms with Crippen molar-refractivity contribution in [2.24, 2.45) is 11.8 Å². The van der Waals surface area contributed by atoms with Crippen LogP contribution in [0.3, 0.4) is 0 Å². The van der Waals surface area contributed by atoms with Gasteiger partial charge in [-0.3, -0.25) is 19.4 Å². The molecule has 170 valence electrons. The molecule has 1 atom stereocenters. The molecule has 0 aromatic rings. The molecule has 0 spiro atoms. The molecule has 0 radical (unpaired) electrons. The summed E-state index contributed by atoms with van der Waals surface area (Å²) in [6.07, 6.45) is 4.16. The van der Waals surface area contributed by atoms with Crippen molar-refractivity contribution >= 4 is 22.0 Å². The van der Waals surface area contributed by atoms with E-state index in [1.807, 2.05) is 6.92 Å². The Labute approximate surface area is 179 Å². The zero-order valence-electron chi connectivity index (χ0n) is 17.9. The minimum Gasteiger partial charge on any atom is -0.379 e. The number of morpholine rings is 1. The smallest absolute Gasteiger partial charge is 0.282 e. The molecule has 4 aliphatic rings. The van der Waals surface area contributed by atoms with Crippen LogP contribution < -0.4 is 0 Å². The Morgan fingerprint density at radius 3 is 1.93 bits per heavy atom. The van der Waals surface area contributed by atoms with Crippen LogP contribution in [0.25, 0.3) is 0 Å². The van der Waals surface area contributed by atoms with Gasteiger partial charge in [-0.1, -0.05) is 0 Å². The molecule has 0 bridgehead atoms. The van der Waals surface area contributed by atoms with E-state index < -0.39 is 10.2 Å². The summed E-state index contributed by atoms with van der Waals surface area (Å²) in [7, 11) is -3.37. The van der Waals surface area contributed by atoms with Crippen LogP contribution in [0, 0.1) is 11.8 Å². The number of hydrogen-bond acceptors (Lipinski definition) is 6. The number of carbonyl (C=O) groups excluding carboxylic acids is 2. The number of likely N-dealkylation sites (N-methyl/N-ethyl adjacent to an activating group) is 1. The summed E-state index contributed by atoms with van der Waals surface area (Å²) in [6.45, 7) is 7.00. The Kier molecular flexibility index (Phi) is 6.79. The average molecular weight is 443 g/mol. The minimum absolute atomic E-state index is 0.0393. The first-order valence-corrected chi connectivity index (χ1v) is 12.7. The standard InChI is InChI=1S/C20H34N4O5S/c1-2-24-19(25)15-18(20(24)26)21-7-3-16(4-8-21)17-5-9-22(10-6-17)30(27,28)23-11-13-29-14-12-23/h16-18H,2-15H2,1H3/t18-/m0/s1. The second kappa shape index (κ2) is 9.20. The first kappa shape index (κ1) is 22.1. The van der Waals surface area contributed by atoms with Crippen LogP contribution >= 0.6 is 0 Å². The summed E-state index contributed by atoms with van der Waals surface area (Å²) in [5, 5.41) is 0. The van der Waals surface area contributed by atoms with E-state index in [1.165, 1.54) is 4.90 Å². The fourth-order valence-corrected chi connectivity index (χ4v) is 7.11. The van der Waals surface area contributed by atoms with Crippen molar-refractivity contribution in [2.45, 2.75) is 45.1 Å². The molecule has 10 heteroatoms. The summed E-state index contributed by atoms with van der Waals surface area (Å²) in [5.41, 5.74) is 0. The van der Waals surface area contributed by atoms with Gasteiger partial charge >= 0.3 is 0 Å². The summed E-state index contributed by atoms with van der Waals surface area (Å²) in [5.74, 6) is 1.02.